The molecule has 3 rings (SSSR count). The van der Waals surface area contributed by atoms with Crippen molar-refractivity contribution in [3.63, 3.8) is 0 Å². The van der Waals surface area contributed by atoms with Crippen LogP contribution in [0.15, 0.2) is 23.2 Å². The quantitative estimate of drug-likeness (QED) is 0.781. The molecule has 0 saturated carbocycles. The van der Waals surface area contributed by atoms with Gasteiger partial charge in [0.1, 0.15) is 10.8 Å². The van der Waals surface area contributed by atoms with Crippen LogP contribution in [0, 0.1) is 19.7 Å². The number of anilines is 1. The summed E-state index contributed by atoms with van der Waals surface area (Å²) in [5.74, 6) is -0.632. The first-order chi connectivity index (χ1) is 10.8. The number of aromatic nitrogens is 3. The number of benzene rings is 1. The molecular weight excluding hydrogens is 339 g/mol. The summed E-state index contributed by atoms with van der Waals surface area (Å²) in [5.41, 5.74) is 1.07. The number of imidazole rings is 1. The van der Waals surface area contributed by atoms with Crippen molar-refractivity contribution in [1.29, 1.82) is 0 Å². The Bertz CT molecular complexity index is 992. The molecule has 23 heavy (non-hydrogen) atoms. The Morgan fingerprint density at radius 3 is 2.78 bits per heavy atom. The molecule has 3 aromatic rings. The molecule has 2 aromatic heterocycles. The van der Waals surface area contributed by atoms with Crippen molar-refractivity contribution in [1.82, 2.24) is 14.6 Å². The van der Waals surface area contributed by atoms with Gasteiger partial charge in [0.25, 0.3) is 10.0 Å². The summed E-state index contributed by atoms with van der Waals surface area (Å²) in [5, 5.41) is 4.85. The Hall–Kier alpha value is -2.00. The summed E-state index contributed by atoms with van der Waals surface area (Å²) in [6, 6.07) is 4.25. The standard InChI is InChI=1S/C14H15FN4O2S2/c1-4-11-13(19-14(16-11)22-9(3)17-19)23(20,21)18-12-7-8(2)5-6-10(12)15/h5-7,18H,4H2,1-3H3. The lowest BCUT2D eigenvalue weighted by Gasteiger charge is -2.09. The lowest BCUT2D eigenvalue weighted by molar-refractivity contribution is 0.589. The van der Waals surface area contributed by atoms with E-state index < -0.39 is 15.8 Å². The lowest BCUT2D eigenvalue weighted by atomic mass is 10.2. The zero-order chi connectivity index (χ0) is 16.8. The van der Waals surface area contributed by atoms with E-state index in [4.69, 9.17) is 0 Å². The second kappa shape index (κ2) is 5.57. The molecule has 9 heteroatoms. The number of aryl methyl sites for hydroxylation is 3. The van der Waals surface area contributed by atoms with Crippen LogP contribution < -0.4 is 4.72 Å². The van der Waals surface area contributed by atoms with Crippen LogP contribution in [0.4, 0.5) is 10.1 Å². The highest BCUT2D eigenvalue weighted by Crippen LogP contribution is 2.26. The Labute approximate surface area is 137 Å². The highest BCUT2D eigenvalue weighted by atomic mass is 32.2. The van der Waals surface area contributed by atoms with Crippen molar-refractivity contribution in [3.8, 4) is 0 Å². The number of hydrogen-bond acceptors (Lipinski definition) is 5. The molecule has 1 N–H and O–H groups in total. The molecule has 6 nitrogen and oxygen atoms in total. The summed E-state index contributed by atoms with van der Waals surface area (Å²) in [6.45, 7) is 5.34. The maximum atomic E-state index is 13.9. The van der Waals surface area contributed by atoms with Gasteiger partial charge in [0.05, 0.1) is 11.4 Å². The Morgan fingerprint density at radius 1 is 1.35 bits per heavy atom. The van der Waals surface area contributed by atoms with E-state index >= 15 is 0 Å². The summed E-state index contributed by atoms with van der Waals surface area (Å²) in [6.07, 6.45) is 0.432. The predicted octanol–water partition coefficient (Wildman–Crippen LogP) is 2.91. The van der Waals surface area contributed by atoms with Gasteiger partial charge in [-0.1, -0.05) is 24.3 Å². The number of rotatable bonds is 4. The molecule has 0 spiro atoms. The normalized spacial score (nSPS) is 12.0. The third-order valence-electron chi connectivity index (χ3n) is 3.29. The number of sulfonamides is 1. The van der Waals surface area contributed by atoms with Crippen molar-refractivity contribution in [2.24, 2.45) is 0 Å². The van der Waals surface area contributed by atoms with Crippen molar-refractivity contribution in [2.75, 3.05) is 4.72 Å². The first-order valence-corrected chi connectivity index (χ1v) is 9.26. The Morgan fingerprint density at radius 2 is 2.09 bits per heavy atom. The second-order valence-electron chi connectivity index (χ2n) is 5.12. The zero-order valence-electron chi connectivity index (χ0n) is 12.8. The van der Waals surface area contributed by atoms with Gasteiger partial charge < -0.3 is 0 Å². The van der Waals surface area contributed by atoms with Gasteiger partial charge in [-0.2, -0.15) is 18.0 Å². The Balaban J connectivity index is 2.14. The minimum Gasteiger partial charge on any atom is -0.275 e. The monoisotopic (exact) mass is 354 g/mol. The summed E-state index contributed by atoms with van der Waals surface area (Å²) in [7, 11) is -4.01. The van der Waals surface area contributed by atoms with Gasteiger partial charge in [0.15, 0.2) is 0 Å². The van der Waals surface area contributed by atoms with Gasteiger partial charge in [-0.25, -0.2) is 9.37 Å². The number of nitrogens with zero attached hydrogens (tertiary/aromatic N) is 3. The van der Waals surface area contributed by atoms with Gasteiger partial charge in [-0.15, -0.1) is 0 Å². The van der Waals surface area contributed by atoms with Gasteiger partial charge in [-0.3, -0.25) is 4.72 Å². The number of hydrogen-bond donors (Lipinski definition) is 1. The van der Waals surface area contributed by atoms with Crippen LogP contribution in [0.1, 0.15) is 23.2 Å². The van der Waals surface area contributed by atoms with Crippen molar-refractivity contribution in [2.45, 2.75) is 32.2 Å². The zero-order valence-corrected chi connectivity index (χ0v) is 14.4. The fraction of sp³-hybridized carbons (Fsp3) is 0.286. The van der Waals surface area contributed by atoms with Crippen LogP contribution in [0.3, 0.4) is 0 Å². The first kappa shape index (κ1) is 15.9. The average molecular weight is 354 g/mol. The van der Waals surface area contributed by atoms with Crippen molar-refractivity contribution < 1.29 is 12.8 Å². The highest BCUT2D eigenvalue weighted by molar-refractivity contribution is 7.92. The molecule has 0 radical (unpaired) electrons. The van der Waals surface area contributed by atoms with E-state index in [2.05, 4.69) is 14.8 Å². The molecule has 0 aliphatic heterocycles. The van der Waals surface area contributed by atoms with Crippen LogP contribution in [0.5, 0.6) is 0 Å². The number of halogens is 1. The van der Waals surface area contributed by atoms with E-state index in [1.165, 1.54) is 28.0 Å². The minimum absolute atomic E-state index is 0.0414. The fourth-order valence-electron chi connectivity index (χ4n) is 2.28. The molecule has 0 aliphatic rings. The van der Waals surface area contributed by atoms with E-state index in [0.29, 0.717) is 22.1 Å². The first-order valence-electron chi connectivity index (χ1n) is 6.96. The average Bonchev–Trinajstić information content (AvgIpc) is 2.97. The molecule has 0 saturated heterocycles. The smallest absolute Gasteiger partial charge is 0.275 e. The highest BCUT2D eigenvalue weighted by Gasteiger charge is 2.27. The van der Waals surface area contributed by atoms with Crippen molar-refractivity contribution >= 4 is 32.0 Å². The van der Waals surface area contributed by atoms with E-state index in [1.54, 1.807) is 19.9 Å². The second-order valence-corrected chi connectivity index (χ2v) is 7.88. The molecule has 122 valence electrons. The molecular formula is C14H15FN4O2S2. The lowest BCUT2D eigenvalue weighted by Crippen LogP contribution is -2.18. The summed E-state index contributed by atoms with van der Waals surface area (Å²) in [4.78, 5) is 4.81. The van der Waals surface area contributed by atoms with Crippen LogP contribution >= 0.6 is 11.3 Å². The van der Waals surface area contributed by atoms with E-state index in [0.717, 1.165) is 5.56 Å². The molecule has 0 bridgehead atoms. The Kier molecular flexibility index (Phi) is 3.85. The maximum absolute atomic E-state index is 13.9. The fourth-order valence-corrected chi connectivity index (χ4v) is 4.49. The van der Waals surface area contributed by atoms with E-state index in [-0.39, 0.29) is 10.7 Å². The van der Waals surface area contributed by atoms with Crippen LogP contribution in [-0.4, -0.2) is 23.0 Å². The topological polar surface area (TPSA) is 76.4 Å². The summed E-state index contributed by atoms with van der Waals surface area (Å²) < 4.78 is 43.0. The summed E-state index contributed by atoms with van der Waals surface area (Å²) >= 11 is 1.30. The maximum Gasteiger partial charge on any atom is 0.281 e. The predicted molar refractivity (Wildman–Crippen MR) is 86.9 cm³/mol. The third-order valence-corrected chi connectivity index (χ3v) is 5.52. The molecule has 2 heterocycles. The molecule has 0 atom stereocenters. The van der Waals surface area contributed by atoms with Gasteiger partial charge >= 0.3 is 0 Å². The molecule has 0 fully saturated rings. The number of nitrogens with one attached hydrogen (secondary N) is 1. The van der Waals surface area contributed by atoms with Gasteiger partial charge in [-0.05, 0) is 38.0 Å². The molecule has 0 amide bonds. The van der Waals surface area contributed by atoms with Crippen molar-refractivity contribution in [3.05, 3.63) is 40.3 Å². The molecule has 0 unspecified atom stereocenters. The van der Waals surface area contributed by atoms with Crippen LogP contribution in [0.25, 0.3) is 4.96 Å². The SMILES string of the molecule is CCc1nc2sc(C)nn2c1S(=O)(=O)Nc1cc(C)ccc1F. The van der Waals surface area contributed by atoms with Gasteiger partial charge in [0.2, 0.25) is 9.99 Å². The number of fused-ring (bicyclic) bond motifs is 1. The van der Waals surface area contributed by atoms with E-state index in [9.17, 15) is 12.8 Å². The molecule has 1 aromatic carbocycles. The minimum atomic E-state index is -4.01. The van der Waals surface area contributed by atoms with Crippen LogP contribution in [-0.2, 0) is 16.4 Å². The van der Waals surface area contributed by atoms with Gasteiger partial charge in [0, 0.05) is 0 Å². The largest absolute Gasteiger partial charge is 0.281 e. The van der Waals surface area contributed by atoms with Crippen LogP contribution in [0.2, 0.25) is 0 Å². The molecule has 0 aliphatic carbocycles. The third kappa shape index (κ3) is 2.81. The van der Waals surface area contributed by atoms with E-state index in [1.807, 2.05) is 6.92 Å².